The fraction of sp³-hybridized carbons (Fsp3) is 0.556. The molecule has 5 nitrogen and oxygen atoms in total. The molecule has 2 atom stereocenters. The molecular formula is C18H28N2O3. The molecule has 1 unspecified atom stereocenters. The lowest BCUT2D eigenvalue weighted by atomic mass is 9.93. The Morgan fingerprint density at radius 2 is 1.78 bits per heavy atom. The van der Waals surface area contributed by atoms with Gasteiger partial charge in [-0.25, -0.2) is 4.79 Å². The SMILES string of the molecule is COC(=O)NCC(CC(=O)N[C@@H](C)c1ccccc1)CC(C)C. The number of rotatable bonds is 8. The van der Waals surface area contributed by atoms with Gasteiger partial charge in [0.2, 0.25) is 5.91 Å². The Kier molecular flexibility index (Phi) is 8.16. The summed E-state index contributed by atoms with van der Waals surface area (Å²) in [6, 6.07) is 9.83. The van der Waals surface area contributed by atoms with E-state index in [2.05, 4.69) is 29.2 Å². The van der Waals surface area contributed by atoms with E-state index in [9.17, 15) is 9.59 Å². The molecule has 2 amide bonds. The first-order chi connectivity index (χ1) is 10.9. The van der Waals surface area contributed by atoms with Crippen molar-refractivity contribution in [3.8, 4) is 0 Å². The van der Waals surface area contributed by atoms with E-state index in [-0.39, 0.29) is 17.9 Å². The van der Waals surface area contributed by atoms with Gasteiger partial charge in [0.15, 0.2) is 0 Å². The van der Waals surface area contributed by atoms with Crippen LogP contribution < -0.4 is 10.6 Å². The molecule has 23 heavy (non-hydrogen) atoms. The minimum Gasteiger partial charge on any atom is -0.453 e. The third kappa shape index (κ3) is 7.68. The molecule has 0 bridgehead atoms. The molecule has 0 aliphatic heterocycles. The van der Waals surface area contributed by atoms with E-state index in [1.165, 1.54) is 7.11 Å². The minimum absolute atomic E-state index is 0.00123. The van der Waals surface area contributed by atoms with Crippen molar-refractivity contribution in [3.05, 3.63) is 35.9 Å². The number of ether oxygens (including phenoxy) is 1. The summed E-state index contributed by atoms with van der Waals surface area (Å²) in [5, 5.41) is 5.71. The maximum atomic E-state index is 12.3. The van der Waals surface area contributed by atoms with Gasteiger partial charge < -0.3 is 15.4 Å². The topological polar surface area (TPSA) is 67.4 Å². The van der Waals surface area contributed by atoms with Crippen LogP contribution in [0.5, 0.6) is 0 Å². The van der Waals surface area contributed by atoms with Gasteiger partial charge in [-0.15, -0.1) is 0 Å². The number of carbonyl (C=O) groups is 2. The first-order valence-electron chi connectivity index (χ1n) is 8.08. The first kappa shape index (κ1) is 19.0. The number of carbonyl (C=O) groups excluding carboxylic acids is 2. The third-order valence-electron chi connectivity index (χ3n) is 3.68. The molecule has 1 aromatic carbocycles. The van der Waals surface area contributed by atoms with Crippen LogP contribution in [0.15, 0.2) is 30.3 Å². The number of hydrogen-bond acceptors (Lipinski definition) is 3. The maximum Gasteiger partial charge on any atom is 0.406 e. The van der Waals surface area contributed by atoms with E-state index in [4.69, 9.17) is 0 Å². The van der Waals surface area contributed by atoms with Crippen molar-refractivity contribution in [2.75, 3.05) is 13.7 Å². The summed E-state index contributed by atoms with van der Waals surface area (Å²) in [5.74, 6) is 0.550. The predicted molar refractivity (Wildman–Crippen MR) is 91.0 cm³/mol. The van der Waals surface area contributed by atoms with Gasteiger partial charge in [0.1, 0.15) is 0 Å². The number of amides is 2. The normalized spacial score (nSPS) is 13.3. The van der Waals surface area contributed by atoms with E-state index >= 15 is 0 Å². The third-order valence-corrected chi connectivity index (χ3v) is 3.68. The summed E-state index contributed by atoms with van der Waals surface area (Å²) in [4.78, 5) is 23.5. The zero-order chi connectivity index (χ0) is 17.2. The molecule has 0 saturated carbocycles. The zero-order valence-corrected chi connectivity index (χ0v) is 14.5. The monoisotopic (exact) mass is 320 g/mol. The van der Waals surface area contributed by atoms with E-state index in [1.807, 2.05) is 37.3 Å². The average Bonchev–Trinajstić information content (AvgIpc) is 2.52. The summed E-state index contributed by atoms with van der Waals surface area (Å²) < 4.78 is 4.58. The molecule has 0 heterocycles. The lowest BCUT2D eigenvalue weighted by molar-refractivity contribution is -0.122. The maximum absolute atomic E-state index is 12.3. The second-order valence-corrected chi connectivity index (χ2v) is 6.27. The van der Waals surface area contributed by atoms with E-state index in [0.717, 1.165) is 12.0 Å². The molecule has 5 heteroatoms. The first-order valence-corrected chi connectivity index (χ1v) is 8.08. The van der Waals surface area contributed by atoms with Crippen molar-refractivity contribution < 1.29 is 14.3 Å². The Labute approximate surface area is 138 Å². The fourth-order valence-electron chi connectivity index (χ4n) is 2.59. The number of benzene rings is 1. The van der Waals surface area contributed by atoms with E-state index in [1.54, 1.807) is 0 Å². The number of nitrogens with one attached hydrogen (secondary N) is 2. The van der Waals surface area contributed by atoms with Crippen molar-refractivity contribution in [1.82, 2.24) is 10.6 Å². The lowest BCUT2D eigenvalue weighted by Gasteiger charge is -2.21. The van der Waals surface area contributed by atoms with Crippen molar-refractivity contribution >= 4 is 12.0 Å². The molecule has 1 rings (SSSR count). The molecule has 0 spiro atoms. The Bertz CT molecular complexity index is 488. The van der Waals surface area contributed by atoms with Crippen molar-refractivity contribution in [3.63, 3.8) is 0 Å². The highest BCUT2D eigenvalue weighted by Crippen LogP contribution is 2.17. The average molecular weight is 320 g/mol. The second-order valence-electron chi connectivity index (χ2n) is 6.27. The number of hydrogen-bond donors (Lipinski definition) is 2. The second kappa shape index (κ2) is 9.87. The van der Waals surface area contributed by atoms with Gasteiger partial charge in [-0.3, -0.25) is 4.79 Å². The van der Waals surface area contributed by atoms with Crippen LogP contribution in [0.25, 0.3) is 0 Å². The summed E-state index contributed by atoms with van der Waals surface area (Å²) in [5.41, 5.74) is 1.08. The van der Waals surface area contributed by atoms with Gasteiger partial charge in [0.25, 0.3) is 0 Å². The van der Waals surface area contributed by atoms with Crippen LogP contribution >= 0.6 is 0 Å². The molecule has 0 radical (unpaired) electrons. The van der Waals surface area contributed by atoms with Crippen LogP contribution in [0.1, 0.15) is 45.2 Å². The molecule has 2 N–H and O–H groups in total. The van der Waals surface area contributed by atoms with Crippen LogP contribution in [0.3, 0.4) is 0 Å². The van der Waals surface area contributed by atoms with Gasteiger partial charge in [-0.2, -0.15) is 0 Å². The highest BCUT2D eigenvalue weighted by atomic mass is 16.5. The van der Waals surface area contributed by atoms with Crippen LogP contribution in [-0.4, -0.2) is 25.7 Å². The Hall–Kier alpha value is -2.04. The Balaban J connectivity index is 2.53. The van der Waals surface area contributed by atoms with E-state index in [0.29, 0.717) is 18.9 Å². The molecule has 1 aromatic rings. The summed E-state index contributed by atoms with van der Waals surface area (Å²) in [7, 11) is 1.33. The van der Waals surface area contributed by atoms with Crippen molar-refractivity contribution in [2.24, 2.45) is 11.8 Å². The van der Waals surface area contributed by atoms with Crippen LogP contribution in [0.2, 0.25) is 0 Å². The lowest BCUT2D eigenvalue weighted by Crippen LogP contribution is -2.34. The molecule has 0 fully saturated rings. The number of methoxy groups -OCH3 is 1. The van der Waals surface area contributed by atoms with Gasteiger partial charge in [0, 0.05) is 13.0 Å². The molecular weight excluding hydrogens is 292 g/mol. The van der Waals surface area contributed by atoms with Crippen LogP contribution in [0, 0.1) is 11.8 Å². The van der Waals surface area contributed by atoms with Gasteiger partial charge in [-0.05, 0) is 30.7 Å². The largest absolute Gasteiger partial charge is 0.453 e. The molecule has 128 valence electrons. The Morgan fingerprint density at radius 1 is 1.13 bits per heavy atom. The van der Waals surface area contributed by atoms with Crippen molar-refractivity contribution in [2.45, 2.75) is 39.7 Å². The summed E-state index contributed by atoms with van der Waals surface area (Å²) in [6.45, 7) is 6.63. The molecule has 0 saturated heterocycles. The van der Waals surface area contributed by atoms with Gasteiger partial charge >= 0.3 is 6.09 Å². The summed E-state index contributed by atoms with van der Waals surface area (Å²) >= 11 is 0. The quantitative estimate of drug-likeness (QED) is 0.772. The highest BCUT2D eigenvalue weighted by Gasteiger charge is 2.18. The smallest absolute Gasteiger partial charge is 0.406 e. The molecule has 0 aliphatic rings. The summed E-state index contributed by atoms with van der Waals surface area (Å²) in [6.07, 6.45) is 0.799. The van der Waals surface area contributed by atoms with E-state index < -0.39 is 6.09 Å². The highest BCUT2D eigenvalue weighted by molar-refractivity contribution is 5.76. The van der Waals surface area contributed by atoms with Crippen LogP contribution in [0.4, 0.5) is 4.79 Å². The fourth-order valence-corrected chi connectivity index (χ4v) is 2.59. The Morgan fingerprint density at radius 3 is 2.35 bits per heavy atom. The minimum atomic E-state index is -0.461. The van der Waals surface area contributed by atoms with Gasteiger partial charge in [0.05, 0.1) is 13.2 Å². The zero-order valence-electron chi connectivity index (χ0n) is 14.5. The van der Waals surface area contributed by atoms with Crippen molar-refractivity contribution in [1.29, 1.82) is 0 Å². The molecule has 0 aromatic heterocycles. The van der Waals surface area contributed by atoms with Crippen LogP contribution in [-0.2, 0) is 9.53 Å². The predicted octanol–water partition coefficient (Wildman–Crippen LogP) is 3.27. The number of alkyl carbamates (subject to hydrolysis) is 1. The molecule has 0 aliphatic carbocycles. The van der Waals surface area contributed by atoms with Gasteiger partial charge in [-0.1, -0.05) is 44.2 Å². The standard InChI is InChI=1S/C18H28N2O3/c1-13(2)10-15(12-19-18(22)23-4)11-17(21)20-14(3)16-8-6-5-7-9-16/h5-9,13-15H,10-12H2,1-4H3,(H,19,22)(H,20,21)/t14-,15?/m0/s1.